The molecule has 2 aliphatic carbocycles. The van der Waals surface area contributed by atoms with Crippen molar-refractivity contribution in [2.24, 2.45) is 0 Å². The predicted molar refractivity (Wildman–Crippen MR) is 71.8 cm³/mol. The van der Waals surface area contributed by atoms with Crippen LogP contribution in [0, 0.1) is 0 Å². The van der Waals surface area contributed by atoms with Crippen LogP contribution in [0.2, 0.25) is 8.26 Å². The van der Waals surface area contributed by atoms with E-state index < -0.39 is 20.3 Å². The van der Waals surface area contributed by atoms with Crippen molar-refractivity contribution in [3.63, 3.8) is 0 Å². The van der Waals surface area contributed by atoms with Crippen LogP contribution in [0.15, 0.2) is 42.5 Å². The third-order valence-electron chi connectivity index (χ3n) is 4.54. The van der Waals surface area contributed by atoms with Gasteiger partial charge in [0, 0.05) is 0 Å². The van der Waals surface area contributed by atoms with Gasteiger partial charge in [-0.15, -0.1) is 0 Å². The first-order valence-corrected chi connectivity index (χ1v) is 13.1. The second-order valence-corrected chi connectivity index (χ2v) is 16.5. The van der Waals surface area contributed by atoms with E-state index in [-0.39, 0.29) is 0 Å². The van der Waals surface area contributed by atoms with Gasteiger partial charge >= 0.3 is 110 Å². The molecule has 1 heteroatoms. The topological polar surface area (TPSA) is 0 Å². The van der Waals surface area contributed by atoms with E-state index in [0.717, 1.165) is 0 Å². The maximum absolute atomic E-state index is 2.46. The Kier molecular flexibility index (Phi) is 3.39. The molecule has 0 aromatic heterocycles. The second kappa shape index (κ2) is 4.84. The van der Waals surface area contributed by atoms with Crippen molar-refractivity contribution in [1.29, 1.82) is 0 Å². The Morgan fingerprint density at radius 1 is 1.18 bits per heavy atom. The zero-order valence-electron chi connectivity index (χ0n) is 10.8. The molecular formula is C16H22Zr. The van der Waals surface area contributed by atoms with Gasteiger partial charge in [-0.05, 0) is 0 Å². The van der Waals surface area contributed by atoms with Crippen LogP contribution >= 0.6 is 0 Å². The molecule has 90 valence electrons. The molecule has 0 N–H and O–H groups in total. The molecule has 0 amide bonds. The van der Waals surface area contributed by atoms with Crippen LogP contribution in [0.25, 0.3) is 0 Å². The van der Waals surface area contributed by atoms with Crippen molar-refractivity contribution in [2.75, 3.05) is 0 Å². The fourth-order valence-electron chi connectivity index (χ4n) is 3.40. The molecule has 0 bridgehead atoms. The van der Waals surface area contributed by atoms with Gasteiger partial charge in [0.15, 0.2) is 0 Å². The van der Waals surface area contributed by atoms with Gasteiger partial charge in [-0.3, -0.25) is 0 Å². The van der Waals surface area contributed by atoms with Crippen molar-refractivity contribution >= 4 is 0 Å². The Bertz CT molecular complexity index is 430. The SMILES string of the molecule is CCCCC1=[C]([Zr]2([C]3=CC=CC3)[CH2][CH2]2)CC=C1. The van der Waals surface area contributed by atoms with Crippen LogP contribution in [0.1, 0.15) is 39.0 Å². The van der Waals surface area contributed by atoms with Gasteiger partial charge < -0.3 is 0 Å². The Morgan fingerprint density at radius 3 is 2.71 bits per heavy atom. The van der Waals surface area contributed by atoms with E-state index in [9.17, 15) is 0 Å². The zero-order chi connectivity index (χ0) is 11.7. The maximum atomic E-state index is 2.46. The molecule has 0 spiro atoms. The van der Waals surface area contributed by atoms with E-state index >= 15 is 0 Å². The first-order chi connectivity index (χ1) is 8.37. The normalized spacial score (nSPS) is 24.6. The van der Waals surface area contributed by atoms with E-state index in [1.807, 2.05) is 6.56 Å². The summed E-state index contributed by atoms with van der Waals surface area (Å²) in [7, 11) is 0. The van der Waals surface area contributed by atoms with Gasteiger partial charge in [-0.1, -0.05) is 0 Å². The molecule has 0 unspecified atom stereocenters. The summed E-state index contributed by atoms with van der Waals surface area (Å²) in [5, 5.41) is 0. The monoisotopic (exact) mass is 304 g/mol. The molecule has 0 nitrogen and oxygen atoms in total. The predicted octanol–water partition coefficient (Wildman–Crippen LogP) is 5.24. The number of hydrogen-bond acceptors (Lipinski definition) is 0. The number of unbranched alkanes of at least 4 members (excludes halogenated alkanes) is 1. The van der Waals surface area contributed by atoms with Gasteiger partial charge in [-0.2, -0.15) is 0 Å². The quantitative estimate of drug-likeness (QED) is 0.651. The first kappa shape index (κ1) is 11.9. The van der Waals surface area contributed by atoms with Crippen LogP contribution in [0.4, 0.5) is 0 Å². The minimum atomic E-state index is -1.89. The summed E-state index contributed by atoms with van der Waals surface area (Å²) in [6, 6.07) is 0. The molecule has 1 fully saturated rings. The van der Waals surface area contributed by atoms with Gasteiger partial charge in [0.1, 0.15) is 0 Å². The van der Waals surface area contributed by atoms with E-state index in [4.69, 9.17) is 0 Å². The fourth-order valence-corrected chi connectivity index (χ4v) is 17.2. The van der Waals surface area contributed by atoms with E-state index in [1.54, 1.807) is 13.8 Å². The summed E-state index contributed by atoms with van der Waals surface area (Å²) in [4.78, 5) is 0. The summed E-state index contributed by atoms with van der Waals surface area (Å²) < 4.78 is 7.08. The molecule has 1 heterocycles. The zero-order valence-corrected chi connectivity index (χ0v) is 13.3. The molecule has 0 aromatic carbocycles. The van der Waals surface area contributed by atoms with Crippen molar-refractivity contribution in [3.8, 4) is 0 Å². The molecule has 3 aliphatic rings. The molecule has 3 rings (SSSR count). The van der Waals surface area contributed by atoms with E-state index in [2.05, 4.69) is 37.3 Å². The molecule has 17 heavy (non-hydrogen) atoms. The van der Waals surface area contributed by atoms with E-state index in [1.165, 1.54) is 32.1 Å². The average Bonchev–Trinajstić information content (AvgIpc) is 2.85. The Morgan fingerprint density at radius 2 is 2.06 bits per heavy atom. The summed E-state index contributed by atoms with van der Waals surface area (Å²) in [6.07, 6.45) is 18.7. The van der Waals surface area contributed by atoms with Crippen LogP contribution in [0.5, 0.6) is 0 Å². The molecule has 0 aromatic rings. The molecule has 0 saturated carbocycles. The van der Waals surface area contributed by atoms with Gasteiger partial charge in [0.05, 0.1) is 0 Å². The van der Waals surface area contributed by atoms with Crippen molar-refractivity contribution in [3.05, 3.63) is 42.5 Å². The summed E-state index contributed by atoms with van der Waals surface area (Å²) in [6.45, 7) is 2.30. The average molecular weight is 306 g/mol. The van der Waals surface area contributed by atoms with Crippen LogP contribution in [0.3, 0.4) is 0 Å². The van der Waals surface area contributed by atoms with Crippen molar-refractivity contribution in [2.45, 2.75) is 47.3 Å². The second-order valence-electron chi connectivity index (χ2n) is 5.62. The standard InChI is InChI=1S/C9H13.C5H5.C2H4.Zr/c1-2-3-6-9-7-4-5-8-9;1-2-4-5-3-1;1-2;/h4,7H,2-3,5-6H2,1H3;1-3H,4H2;1-2H2;. The van der Waals surface area contributed by atoms with Crippen molar-refractivity contribution in [1.82, 2.24) is 0 Å². The van der Waals surface area contributed by atoms with Gasteiger partial charge in [0.2, 0.25) is 0 Å². The number of hydrogen-bond donors (Lipinski definition) is 0. The molecule has 1 saturated heterocycles. The fraction of sp³-hybridized carbons (Fsp3) is 0.500. The number of allylic oxidation sites excluding steroid dienone is 8. The summed E-state index contributed by atoms with van der Waals surface area (Å²) in [5.74, 6) is 0. The van der Waals surface area contributed by atoms with Gasteiger partial charge in [-0.25, -0.2) is 0 Å². The molecule has 1 aliphatic heterocycles. The Hall–Kier alpha value is -0.157. The molecule has 0 radical (unpaired) electrons. The van der Waals surface area contributed by atoms with E-state index in [0.29, 0.717) is 0 Å². The third kappa shape index (κ3) is 2.12. The summed E-state index contributed by atoms with van der Waals surface area (Å²) in [5.41, 5.74) is 1.76. The molecular weight excluding hydrogens is 283 g/mol. The third-order valence-corrected chi connectivity index (χ3v) is 16.3. The minimum absolute atomic E-state index is 1.29. The Labute approximate surface area is 110 Å². The van der Waals surface area contributed by atoms with Gasteiger partial charge in [0.25, 0.3) is 0 Å². The summed E-state index contributed by atoms with van der Waals surface area (Å²) >= 11 is -1.89. The Balaban J connectivity index is 1.83. The van der Waals surface area contributed by atoms with Crippen LogP contribution in [-0.2, 0) is 20.3 Å². The molecule has 0 atom stereocenters. The van der Waals surface area contributed by atoms with Crippen LogP contribution < -0.4 is 0 Å². The number of rotatable bonds is 5. The van der Waals surface area contributed by atoms with Crippen molar-refractivity contribution < 1.29 is 20.3 Å². The van der Waals surface area contributed by atoms with Crippen LogP contribution in [-0.4, -0.2) is 0 Å². The first-order valence-electron chi connectivity index (χ1n) is 7.12.